The van der Waals surface area contributed by atoms with Gasteiger partial charge < -0.3 is 10.2 Å². The zero-order chi connectivity index (χ0) is 21.7. The first kappa shape index (κ1) is 22.1. The molecule has 0 radical (unpaired) electrons. The Kier molecular flexibility index (Phi) is 6.72. The Morgan fingerprint density at radius 3 is 1.38 bits per heavy atom. The van der Waals surface area contributed by atoms with Gasteiger partial charge in [0.1, 0.15) is 0 Å². The molecule has 0 aromatic heterocycles. The maximum absolute atomic E-state index is 12.1. The van der Waals surface area contributed by atoms with Crippen LogP contribution in [-0.2, 0) is 19.7 Å². The number of aromatic carboxylic acids is 2. The first-order chi connectivity index (χ1) is 13.5. The van der Waals surface area contributed by atoms with Crippen molar-refractivity contribution in [3.8, 4) is 0 Å². The van der Waals surface area contributed by atoms with Crippen LogP contribution >= 0.6 is 0 Å². The summed E-state index contributed by atoms with van der Waals surface area (Å²) in [6.07, 6.45) is 2.02. The van der Waals surface area contributed by atoms with Crippen LogP contribution in [0, 0.1) is 0 Å². The van der Waals surface area contributed by atoms with Crippen LogP contribution in [0.1, 0.15) is 31.8 Å². The minimum Gasteiger partial charge on any atom is -0.478 e. The third-order valence-corrected chi connectivity index (χ3v) is 7.35. The van der Waals surface area contributed by atoms with Gasteiger partial charge in [-0.1, -0.05) is 36.4 Å². The molecular weight excluding hydrogens is 420 g/mol. The minimum atomic E-state index is -4.24. The van der Waals surface area contributed by atoms with Crippen molar-refractivity contribution in [1.29, 1.82) is 0 Å². The number of carboxylic acids is 2. The highest BCUT2D eigenvalue weighted by atomic mass is 32.3. The summed E-state index contributed by atoms with van der Waals surface area (Å²) in [6, 6.07) is 11.3. The molecule has 8 nitrogen and oxygen atoms in total. The smallest absolute Gasteiger partial charge is 0.336 e. The third-order valence-electron chi connectivity index (χ3n) is 3.62. The molecule has 0 saturated carbocycles. The number of carboxylic acid groups (broad SMARTS) is 2. The van der Waals surface area contributed by atoms with E-state index in [2.05, 4.69) is 0 Å². The monoisotopic (exact) mass is 436 g/mol. The van der Waals surface area contributed by atoms with Gasteiger partial charge in [-0.05, 0) is 35.4 Å². The molecule has 2 N–H and O–H groups in total. The number of benzene rings is 2. The van der Waals surface area contributed by atoms with E-state index in [9.17, 15) is 26.4 Å². The second-order valence-corrected chi connectivity index (χ2v) is 9.97. The molecule has 2 rings (SSSR count). The average molecular weight is 436 g/mol. The van der Waals surface area contributed by atoms with Crippen LogP contribution in [0.25, 0.3) is 12.2 Å². The van der Waals surface area contributed by atoms with Crippen molar-refractivity contribution in [2.45, 2.75) is 0 Å². The molecule has 2 aromatic carbocycles. The molecule has 2 aromatic rings. The maximum atomic E-state index is 12.1. The standard InChI is InChI=1S/C19H16O8S2/c20-18(21)16-7-3-1-5-14(16)9-11-28(24,25)13-29(26,27)12-10-15-6-2-4-8-17(15)19(22)23/h1-12H,13H2,(H,20,21)(H,22,23)/b11-9+,12-10+. The SMILES string of the molecule is O=C(O)c1ccccc1/C=C/S(=O)(=O)CS(=O)(=O)/C=C/c1ccccc1C(=O)O. The lowest BCUT2D eigenvalue weighted by molar-refractivity contribution is 0.0686. The molecule has 0 heterocycles. The predicted octanol–water partition coefficient (Wildman–Crippen LogP) is 2.51. The quantitative estimate of drug-likeness (QED) is 0.642. The Balaban J connectivity index is 2.24. The van der Waals surface area contributed by atoms with Crippen LogP contribution in [0.15, 0.2) is 59.3 Å². The van der Waals surface area contributed by atoms with E-state index in [1.165, 1.54) is 48.5 Å². The maximum Gasteiger partial charge on any atom is 0.336 e. The lowest BCUT2D eigenvalue weighted by Gasteiger charge is -2.02. The van der Waals surface area contributed by atoms with Gasteiger partial charge in [0.2, 0.25) is 0 Å². The van der Waals surface area contributed by atoms with Crippen LogP contribution in [-0.4, -0.2) is 44.1 Å². The zero-order valence-corrected chi connectivity index (χ0v) is 16.4. The molecule has 0 spiro atoms. The number of rotatable bonds is 8. The molecule has 0 atom stereocenters. The predicted molar refractivity (Wildman–Crippen MR) is 108 cm³/mol. The van der Waals surface area contributed by atoms with Crippen molar-refractivity contribution in [3.63, 3.8) is 0 Å². The van der Waals surface area contributed by atoms with Gasteiger partial charge in [-0.3, -0.25) is 0 Å². The second kappa shape index (κ2) is 8.84. The van der Waals surface area contributed by atoms with Gasteiger partial charge >= 0.3 is 11.9 Å². The number of hydrogen-bond donors (Lipinski definition) is 2. The Morgan fingerprint density at radius 2 is 1.03 bits per heavy atom. The number of carbonyl (C=O) groups is 2. The molecule has 10 heteroatoms. The molecule has 0 amide bonds. The van der Waals surface area contributed by atoms with E-state index in [4.69, 9.17) is 10.2 Å². The lowest BCUT2D eigenvalue weighted by atomic mass is 10.1. The Morgan fingerprint density at radius 1 is 0.690 bits per heavy atom. The summed E-state index contributed by atoms with van der Waals surface area (Å²) >= 11 is 0. The van der Waals surface area contributed by atoms with Crippen molar-refractivity contribution < 1.29 is 36.6 Å². The molecular formula is C19H16O8S2. The van der Waals surface area contributed by atoms with Crippen molar-refractivity contribution >= 4 is 43.8 Å². The summed E-state index contributed by atoms with van der Waals surface area (Å²) < 4.78 is 48.6. The summed E-state index contributed by atoms with van der Waals surface area (Å²) in [5, 5.41) is 18.2. The fourth-order valence-corrected chi connectivity index (χ4v) is 5.50. The molecule has 0 unspecified atom stereocenters. The lowest BCUT2D eigenvalue weighted by Crippen LogP contribution is -2.12. The first-order valence-electron chi connectivity index (χ1n) is 7.97. The molecule has 29 heavy (non-hydrogen) atoms. The minimum absolute atomic E-state index is 0.104. The highest BCUT2D eigenvalue weighted by Crippen LogP contribution is 2.15. The zero-order valence-electron chi connectivity index (χ0n) is 14.8. The molecule has 0 bridgehead atoms. The summed E-state index contributed by atoms with van der Waals surface area (Å²) in [5.74, 6) is -2.51. The van der Waals surface area contributed by atoms with Crippen molar-refractivity contribution in [2.24, 2.45) is 0 Å². The van der Waals surface area contributed by atoms with E-state index < -0.39 is 36.7 Å². The van der Waals surface area contributed by atoms with Crippen molar-refractivity contribution in [1.82, 2.24) is 0 Å². The largest absolute Gasteiger partial charge is 0.478 e. The van der Waals surface area contributed by atoms with Crippen LogP contribution in [0.4, 0.5) is 0 Å². The van der Waals surface area contributed by atoms with Gasteiger partial charge in [-0.25, -0.2) is 26.4 Å². The molecule has 0 saturated heterocycles. The van der Waals surface area contributed by atoms with Gasteiger partial charge in [0, 0.05) is 10.8 Å². The highest BCUT2D eigenvalue weighted by molar-refractivity contribution is 8.10. The van der Waals surface area contributed by atoms with E-state index in [1.54, 1.807) is 0 Å². The van der Waals surface area contributed by atoms with Crippen molar-refractivity contribution in [3.05, 3.63) is 81.6 Å². The summed E-state index contributed by atoms with van der Waals surface area (Å²) in [6.45, 7) is 0. The fraction of sp³-hybridized carbons (Fsp3) is 0.0526. The van der Waals surface area contributed by atoms with Gasteiger partial charge in [0.15, 0.2) is 24.8 Å². The van der Waals surface area contributed by atoms with E-state index in [-0.39, 0.29) is 22.3 Å². The van der Waals surface area contributed by atoms with Crippen molar-refractivity contribution in [2.75, 3.05) is 5.08 Å². The van der Waals surface area contributed by atoms with Crippen LogP contribution < -0.4 is 0 Å². The van der Waals surface area contributed by atoms with Gasteiger partial charge in [-0.2, -0.15) is 0 Å². The van der Waals surface area contributed by atoms with Crippen LogP contribution in [0.3, 0.4) is 0 Å². The third kappa shape index (κ3) is 6.40. The molecule has 0 fully saturated rings. The molecule has 0 aliphatic rings. The Bertz CT molecular complexity index is 1110. The Hall–Kier alpha value is -3.24. The van der Waals surface area contributed by atoms with E-state index in [1.807, 2.05) is 0 Å². The van der Waals surface area contributed by atoms with E-state index >= 15 is 0 Å². The van der Waals surface area contributed by atoms with Gasteiger partial charge in [0.25, 0.3) is 0 Å². The fourth-order valence-electron chi connectivity index (χ4n) is 2.34. The topological polar surface area (TPSA) is 143 Å². The molecule has 152 valence electrons. The number of sulfone groups is 2. The van der Waals surface area contributed by atoms with E-state index in [0.29, 0.717) is 10.8 Å². The number of hydrogen-bond acceptors (Lipinski definition) is 6. The highest BCUT2D eigenvalue weighted by Gasteiger charge is 2.18. The second-order valence-electron chi connectivity index (χ2n) is 5.83. The van der Waals surface area contributed by atoms with Gasteiger partial charge in [0.05, 0.1) is 11.1 Å². The molecule has 0 aliphatic heterocycles. The molecule has 0 aliphatic carbocycles. The van der Waals surface area contributed by atoms with Crippen LogP contribution in [0.2, 0.25) is 0 Å². The normalized spacial score (nSPS) is 12.4. The first-order valence-corrected chi connectivity index (χ1v) is 11.4. The average Bonchev–Trinajstić information content (AvgIpc) is 2.64. The van der Waals surface area contributed by atoms with Gasteiger partial charge in [-0.15, -0.1) is 0 Å². The summed E-state index contributed by atoms with van der Waals surface area (Å²) in [4.78, 5) is 22.3. The summed E-state index contributed by atoms with van der Waals surface area (Å²) in [5.41, 5.74) is -0.0576. The van der Waals surface area contributed by atoms with Crippen LogP contribution in [0.5, 0.6) is 0 Å². The van der Waals surface area contributed by atoms with E-state index in [0.717, 1.165) is 12.2 Å². The summed E-state index contributed by atoms with van der Waals surface area (Å²) in [7, 11) is -8.48. The Labute approximate surface area is 167 Å².